The monoisotopic (exact) mass is 635 g/mol. The number of hydrogen-bond donors (Lipinski definition) is 0. The zero-order valence-electron chi connectivity index (χ0n) is 27.8. The van der Waals surface area contributed by atoms with Crippen LogP contribution in [0.4, 0.5) is 0 Å². The molecule has 0 spiro atoms. The maximum Gasteiger partial charge on any atom is 0.328 e. The number of imidazole rings is 1. The fraction of sp³-hybridized carbons (Fsp3) is 0.116. The smallest absolute Gasteiger partial charge is 0.295 e. The highest BCUT2D eigenvalue weighted by Gasteiger charge is 2.37. The molecule has 0 atom stereocenters. The second kappa shape index (κ2) is 10.7. The molecule has 0 saturated heterocycles. The van der Waals surface area contributed by atoms with Gasteiger partial charge in [-0.25, -0.2) is 19.7 Å². The molecule has 0 N–H and O–H groups in total. The van der Waals surface area contributed by atoms with E-state index in [9.17, 15) is 4.79 Å². The van der Waals surface area contributed by atoms with Gasteiger partial charge in [-0.05, 0) is 68.4 Å². The summed E-state index contributed by atoms with van der Waals surface area (Å²) in [4.78, 5) is 28.0. The van der Waals surface area contributed by atoms with E-state index in [2.05, 4.69) is 98.8 Å². The first-order valence-corrected chi connectivity index (χ1v) is 16.5. The maximum atomic E-state index is 12.6. The molecule has 0 radical (unpaired) electrons. The topological polar surface area (TPSA) is 65.6 Å². The van der Waals surface area contributed by atoms with Crippen LogP contribution in [0.2, 0.25) is 0 Å². The predicted molar refractivity (Wildman–Crippen MR) is 198 cm³/mol. The van der Waals surface area contributed by atoms with Crippen molar-refractivity contribution in [3.63, 3.8) is 0 Å². The van der Waals surface area contributed by atoms with Crippen LogP contribution in [0.25, 0.3) is 78.2 Å². The van der Waals surface area contributed by atoms with E-state index in [1.807, 2.05) is 49.5 Å². The molecule has 2 aromatic heterocycles. The second-order valence-electron chi connectivity index (χ2n) is 13.4. The molecule has 2 heterocycles. The van der Waals surface area contributed by atoms with E-state index in [-0.39, 0.29) is 11.1 Å². The lowest BCUT2D eigenvalue weighted by Crippen LogP contribution is -2.19. The minimum Gasteiger partial charge on any atom is -0.295 e. The van der Waals surface area contributed by atoms with Crippen molar-refractivity contribution in [3.8, 4) is 56.4 Å². The Balaban J connectivity index is 1.26. The van der Waals surface area contributed by atoms with Crippen LogP contribution in [0.1, 0.15) is 25.0 Å². The first kappa shape index (κ1) is 29.0. The van der Waals surface area contributed by atoms with Gasteiger partial charge in [-0.2, -0.15) is 0 Å². The van der Waals surface area contributed by atoms with Gasteiger partial charge in [0.25, 0.3) is 0 Å². The molecule has 0 aliphatic heterocycles. The third-order valence-electron chi connectivity index (χ3n) is 10.2. The van der Waals surface area contributed by atoms with Gasteiger partial charge in [0.1, 0.15) is 0 Å². The van der Waals surface area contributed by atoms with Crippen molar-refractivity contribution in [2.75, 3.05) is 0 Å². The summed E-state index contributed by atoms with van der Waals surface area (Å²) in [6.45, 7) is 4.61. The van der Waals surface area contributed by atoms with E-state index in [0.29, 0.717) is 17.5 Å². The molecule has 9 rings (SSSR count). The average Bonchev–Trinajstić information content (AvgIpc) is 3.52. The Kier molecular flexibility index (Phi) is 6.33. The van der Waals surface area contributed by atoms with E-state index < -0.39 is 0 Å². The van der Waals surface area contributed by atoms with Gasteiger partial charge in [0.15, 0.2) is 17.5 Å². The first-order chi connectivity index (χ1) is 23.8. The molecule has 6 heteroatoms. The number of benzene rings is 6. The molecule has 1 aliphatic rings. The van der Waals surface area contributed by atoms with Crippen LogP contribution in [0.5, 0.6) is 0 Å². The van der Waals surface area contributed by atoms with Gasteiger partial charge < -0.3 is 0 Å². The fourth-order valence-corrected chi connectivity index (χ4v) is 7.60. The van der Waals surface area contributed by atoms with Crippen LogP contribution in [-0.2, 0) is 19.5 Å². The normalized spacial score (nSPS) is 13.1. The van der Waals surface area contributed by atoms with Crippen LogP contribution in [0.3, 0.4) is 0 Å². The second-order valence-corrected chi connectivity index (χ2v) is 13.4. The number of fused-ring (bicyclic) bond motifs is 6. The van der Waals surface area contributed by atoms with Gasteiger partial charge in [-0.3, -0.25) is 9.13 Å². The molecule has 0 amide bonds. The van der Waals surface area contributed by atoms with Gasteiger partial charge >= 0.3 is 5.69 Å². The molecule has 6 aromatic carbocycles. The van der Waals surface area contributed by atoms with Crippen molar-refractivity contribution in [3.05, 3.63) is 149 Å². The van der Waals surface area contributed by atoms with Gasteiger partial charge in [0.05, 0.1) is 11.0 Å². The van der Waals surface area contributed by atoms with E-state index in [4.69, 9.17) is 15.0 Å². The Labute approximate surface area is 284 Å². The largest absolute Gasteiger partial charge is 0.328 e. The van der Waals surface area contributed by atoms with Crippen molar-refractivity contribution in [1.29, 1.82) is 0 Å². The Morgan fingerprint density at radius 3 is 1.92 bits per heavy atom. The van der Waals surface area contributed by atoms with Crippen LogP contribution in [0, 0.1) is 0 Å². The third-order valence-corrected chi connectivity index (χ3v) is 10.2. The van der Waals surface area contributed by atoms with Crippen molar-refractivity contribution in [2.45, 2.75) is 19.3 Å². The van der Waals surface area contributed by atoms with Gasteiger partial charge in [-0.1, -0.05) is 117 Å². The molecule has 49 heavy (non-hydrogen) atoms. The highest BCUT2D eigenvalue weighted by molar-refractivity contribution is 6.08. The lowest BCUT2D eigenvalue weighted by atomic mass is 9.81. The molecule has 0 bridgehead atoms. The summed E-state index contributed by atoms with van der Waals surface area (Å²) in [5.41, 5.74) is 11.6. The molecule has 6 nitrogen and oxygen atoms in total. The minimum absolute atomic E-state index is 0.0431. The molecule has 0 unspecified atom stereocenters. The molecule has 0 saturated carbocycles. The third kappa shape index (κ3) is 4.41. The van der Waals surface area contributed by atoms with E-state index in [0.717, 1.165) is 44.2 Å². The summed E-state index contributed by atoms with van der Waals surface area (Å²) < 4.78 is 3.36. The Bertz CT molecular complexity index is 2680. The number of aromatic nitrogens is 5. The predicted octanol–water partition coefficient (Wildman–Crippen LogP) is 9.19. The molecular formula is C43H33N5O. The van der Waals surface area contributed by atoms with Gasteiger partial charge in [0.2, 0.25) is 0 Å². The number of hydrogen-bond acceptors (Lipinski definition) is 4. The van der Waals surface area contributed by atoms with E-state index in [1.165, 1.54) is 27.6 Å². The zero-order chi connectivity index (χ0) is 33.4. The maximum absolute atomic E-state index is 12.6. The summed E-state index contributed by atoms with van der Waals surface area (Å²) in [5.74, 6) is 1.87. The average molecular weight is 636 g/mol. The number of nitrogens with zero attached hydrogens (tertiary/aromatic N) is 5. The molecular weight excluding hydrogens is 603 g/mol. The van der Waals surface area contributed by atoms with Gasteiger partial charge in [0, 0.05) is 36.2 Å². The van der Waals surface area contributed by atoms with Crippen molar-refractivity contribution in [1.82, 2.24) is 24.1 Å². The van der Waals surface area contributed by atoms with Crippen LogP contribution in [-0.4, -0.2) is 24.1 Å². The summed E-state index contributed by atoms with van der Waals surface area (Å²) in [6.07, 6.45) is 0. The Hall–Kier alpha value is -6.14. The Morgan fingerprint density at radius 1 is 0.490 bits per heavy atom. The van der Waals surface area contributed by atoms with Crippen LogP contribution >= 0.6 is 0 Å². The standard InChI is InChI=1S/C43H33N5O/c1-43(2)34-20-11-10-19-32(34)38-31-18-9-8-17-30(31)33(25-35(38)43)41-45-39(26-13-6-5-7-14-26)44-40(46-41)29-16-12-15-27(23-29)28-21-22-36-37(24-28)48(4)42(49)47(36)3/h5-25H,1-4H3. The lowest BCUT2D eigenvalue weighted by Gasteiger charge is -2.22. The molecule has 0 fully saturated rings. The van der Waals surface area contributed by atoms with E-state index >= 15 is 0 Å². The SMILES string of the molecule is Cn1c(=O)n(C)c2cc(-c3cccc(-c4nc(-c5ccccc5)nc(-c5cc6c(c7ccccc57)-c5ccccc5C6(C)C)n4)c3)ccc21. The summed E-state index contributed by atoms with van der Waals surface area (Å²) in [6, 6.07) is 44.2. The number of rotatable bonds is 4. The highest BCUT2D eigenvalue weighted by Crippen LogP contribution is 2.52. The van der Waals surface area contributed by atoms with Crippen molar-refractivity contribution < 1.29 is 0 Å². The van der Waals surface area contributed by atoms with Crippen LogP contribution in [0.15, 0.2) is 132 Å². The summed E-state index contributed by atoms with van der Waals surface area (Å²) in [7, 11) is 3.61. The summed E-state index contributed by atoms with van der Waals surface area (Å²) >= 11 is 0. The van der Waals surface area contributed by atoms with Crippen LogP contribution < -0.4 is 5.69 Å². The molecule has 236 valence electrons. The van der Waals surface area contributed by atoms with Gasteiger partial charge in [-0.15, -0.1) is 0 Å². The highest BCUT2D eigenvalue weighted by atomic mass is 16.1. The van der Waals surface area contributed by atoms with E-state index in [1.54, 1.807) is 16.2 Å². The molecule has 8 aromatic rings. The fourth-order valence-electron chi connectivity index (χ4n) is 7.60. The number of aryl methyl sites for hydroxylation is 2. The molecule has 1 aliphatic carbocycles. The Morgan fingerprint density at radius 2 is 1.10 bits per heavy atom. The van der Waals surface area contributed by atoms with Crippen molar-refractivity contribution >= 4 is 21.8 Å². The zero-order valence-corrected chi connectivity index (χ0v) is 27.8. The quantitative estimate of drug-likeness (QED) is 0.193. The van der Waals surface area contributed by atoms with Crippen molar-refractivity contribution in [2.24, 2.45) is 14.1 Å². The summed E-state index contributed by atoms with van der Waals surface area (Å²) in [5, 5.41) is 2.31. The lowest BCUT2D eigenvalue weighted by molar-refractivity contribution is 0.661. The first-order valence-electron chi connectivity index (χ1n) is 16.5. The minimum atomic E-state index is -0.180.